The number of hydrogen-bond acceptors (Lipinski definition) is 7. The molecular weight excluding hydrogens is 558 g/mol. The van der Waals surface area contributed by atoms with Crippen molar-refractivity contribution < 1.29 is 19.1 Å². The van der Waals surface area contributed by atoms with E-state index in [4.69, 9.17) is 14.5 Å². The molecule has 1 atom stereocenters. The van der Waals surface area contributed by atoms with Gasteiger partial charge >= 0.3 is 0 Å². The summed E-state index contributed by atoms with van der Waals surface area (Å²) < 4.78 is 15.2. The Labute approximate surface area is 256 Å². The zero-order valence-electron chi connectivity index (χ0n) is 25.9. The SMILES string of the molecule is COc1cc(-c2nc([C@@H]3CCN(C(=O)CN(C)C)C3)n3ccnc(C)c23)ccc1NC(=O)c1cc2c(OC)cccc2n1C. The Morgan fingerprint density at radius 3 is 2.64 bits per heavy atom. The number of likely N-dealkylation sites (tertiary alicyclic amines) is 1. The number of rotatable bonds is 8. The van der Waals surface area contributed by atoms with Crippen LogP contribution in [-0.4, -0.2) is 88.5 Å². The maximum atomic E-state index is 13.4. The van der Waals surface area contributed by atoms with Crippen molar-refractivity contribution in [1.29, 1.82) is 0 Å². The summed E-state index contributed by atoms with van der Waals surface area (Å²) in [4.78, 5) is 39.7. The highest BCUT2D eigenvalue weighted by atomic mass is 16.5. The van der Waals surface area contributed by atoms with Gasteiger partial charge in [-0.1, -0.05) is 12.1 Å². The van der Waals surface area contributed by atoms with Gasteiger partial charge in [-0.25, -0.2) is 4.98 Å². The normalized spacial score (nSPS) is 15.0. The first-order valence-corrected chi connectivity index (χ1v) is 14.6. The Bertz CT molecular complexity index is 1890. The molecule has 44 heavy (non-hydrogen) atoms. The van der Waals surface area contributed by atoms with Crippen molar-refractivity contribution >= 4 is 33.9 Å². The molecule has 11 nitrogen and oxygen atoms in total. The lowest BCUT2D eigenvalue weighted by atomic mass is 10.1. The molecule has 3 aromatic heterocycles. The lowest BCUT2D eigenvalue weighted by molar-refractivity contribution is -0.130. The lowest BCUT2D eigenvalue weighted by Crippen LogP contribution is -2.36. The van der Waals surface area contributed by atoms with Crippen molar-refractivity contribution in [3.8, 4) is 22.8 Å². The Balaban J connectivity index is 1.32. The number of ether oxygens (including phenoxy) is 2. The van der Waals surface area contributed by atoms with Gasteiger partial charge in [-0.2, -0.15) is 0 Å². The largest absolute Gasteiger partial charge is 0.496 e. The van der Waals surface area contributed by atoms with Crippen LogP contribution in [-0.2, 0) is 11.8 Å². The van der Waals surface area contributed by atoms with Crippen molar-refractivity contribution in [3.63, 3.8) is 0 Å². The van der Waals surface area contributed by atoms with Gasteiger partial charge < -0.3 is 29.2 Å². The number of aryl methyl sites for hydroxylation is 2. The van der Waals surface area contributed by atoms with Crippen molar-refractivity contribution in [1.82, 2.24) is 28.7 Å². The number of aromatic nitrogens is 4. The minimum Gasteiger partial charge on any atom is -0.496 e. The maximum Gasteiger partial charge on any atom is 0.272 e. The Morgan fingerprint density at radius 1 is 1.09 bits per heavy atom. The Kier molecular flexibility index (Phi) is 7.73. The summed E-state index contributed by atoms with van der Waals surface area (Å²) in [6.07, 6.45) is 4.56. The third-order valence-corrected chi connectivity index (χ3v) is 8.35. The molecule has 0 radical (unpaired) electrons. The second kappa shape index (κ2) is 11.6. The van der Waals surface area contributed by atoms with E-state index in [2.05, 4.69) is 14.7 Å². The fourth-order valence-corrected chi connectivity index (χ4v) is 6.13. The van der Waals surface area contributed by atoms with Crippen LogP contribution in [0, 0.1) is 6.92 Å². The highest BCUT2D eigenvalue weighted by molar-refractivity contribution is 6.08. The minimum atomic E-state index is -0.263. The lowest BCUT2D eigenvalue weighted by Gasteiger charge is -2.18. The zero-order valence-corrected chi connectivity index (χ0v) is 25.9. The first kappa shape index (κ1) is 29.2. The van der Waals surface area contributed by atoms with Crippen molar-refractivity contribution in [2.75, 3.05) is 53.3 Å². The fraction of sp³-hybridized carbons (Fsp3) is 0.333. The van der Waals surface area contributed by atoms with Crippen LogP contribution in [0.15, 0.2) is 54.9 Å². The second-order valence-electron chi connectivity index (χ2n) is 11.5. The monoisotopic (exact) mass is 595 g/mol. The summed E-state index contributed by atoms with van der Waals surface area (Å²) in [5.41, 5.74) is 5.31. The molecule has 0 aliphatic carbocycles. The van der Waals surface area contributed by atoms with E-state index in [9.17, 15) is 9.59 Å². The van der Waals surface area contributed by atoms with Gasteiger partial charge in [0, 0.05) is 49.4 Å². The molecule has 1 aliphatic heterocycles. The van der Waals surface area contributed by atoms with Crippen LogP contribution in [0.3, 0.4) is 0 Å². The number of hydrogen-bond donors (Lipinski definition) is 1. The van der Waals surface area contributed by atoms with Gasteiger partial charge in [0.2, 0.25) is 5.91 Å². The third-order valence-electron chi connectivity index (χ3n) is 8.35. The predicted octanol–water partition coefficient (Wildman–Crippen LogP) is 4.34. The number of benzene rings is 2. The van der Waals surface area contributed by atoms with Gasteiger partial charge in [-0.05, 0) is 57.8 Å². The van der Waals surface area contributed by atoms with E-state index in [1.807, 2.05) is 91.1 Å². The van der Waals surface area contributed by atoms with Crippen LogP contribution in [0.2, 0.25) is 0 Å². The summed E-state index contributed by atoms with van der Waals surface area (Å²) in [7, 11) is 8.87. The highest BCUT2D eigenvalue weighted by Crippen LogP contribution is 2.37. The molecular formula is C33H37N7O4. The molecule has 228 valence electrons. The number of carbonyl (C=O) groups is 2. The molecule has 11 heteroatoms. The number of anilines is 1. The number of amides is 2. The summed E-state index contributed by atoms with van der Waals surface area (Å²) in [6, 6.07) is 13.2. The highest BCUT2D eigenvalue weighted by Gasteiger charge is 2.31. The predicted molar refractivity (Wildman–Crippen MR) is 170 cm³/mol. The van der Waals surface area contributed by atoms with E-state index < -0.39 is 0 Å². The molecule has 0 bridgehead atoms. The zero-order chi connectivity index (χ0) is 31.1. The topological polar surface area (TPSA) is 106 Å². The van der Waals surface area contributed by atoms with E-state index in [-0.39, 0.29) is 17.7 Å². The minimum absolute atomic E-state index is 0.101. The summed E-state index contributed by atoms with van der Waals surface area (Å²) in [5, 5.41) is 3.88. The average Bonchev–Trinajstić information content (AvgIpc) is 3.73. The standard InChI is InChI=1S/C33H37N7O4/c1-20-31-30(36-32(40(31)15-13-34-20)22-12-14-39(18-22)29(41)19-37(2)3)21-10-11-24(28(16-21)44-6)35-33(42)26-17-23-25(38(26)4)8-7-9-27(23)43-5/h7-11,13,15-17,22H,12,14,18-19H2,1-6H3,(H,35,42)/t22-/m1/s1. The van der Waals surface area contributed by atoms with Crippen molar-refractivity contribution in [3.05, 3.63) is 72.1 Å². The van der Waals surface area contributed by atoms with Crippen LogP contribution in [0.5, 0.6) is 11.5 Å². The summed E-state index contributed by atoms with van der Waals surface area (Å²) in [6.45, 7) is 3.69. The molecule has 1 N–H and O–H groups in total. The molecule has 5 aromatic rings. The number of nitrogens with one attached hydrogen (secondary N) is 1. The Morgan fingerprint density at radius 2 is 1.89 bits per heavy atom. The van der Waals surface area contributed by atoms with Crippen molar-refractivity contribution in [2.24, 2.45) is 7.05 Å². The van der Waals surface area contributed by atoms with Crippen molar-refractivity contribution in [2.45, 2.75) is 19.3 Å². The average molecular weight is 596 g/mol. The van der Waals surface area contributed by atoms with Crippen LogP contribution in [0.1, 0.15) is 34.3 Å². The number of imidazole rings is 1. The Hall–Kier alpha value is -4.90. The van der Waals surface area contributed by atoms with E-state index >= 15 is 0 Å². The van der Waals surface area contributed by atoms with E-state index in [0.717, 1.165) is 45.6 Å². The first-order chi connectivity index (χ1) is 21.2. The smallest absolute Gasteiger partial charge is 0.272 e. The maximum absolute atomic E-state index is 13.4. The van der Waals surface area contributed by atoms with Gasteiger partial charge in [-0.3, -0.25) is 19.0 Å². The molecule has 2 aromatic carbocycles. The van der Waals surface area contributed by atoms with Crippen LogP contribution >= 0.6 is 0 Å². The number of fused-ring (bicyclic) bond motifs is 2. The summed E-state index contributed by atoms with van der Waals surface area (Å²) in [5.74, 6) is 2.09. The number of carbonyl (C=O) groups excluding carboxylic acids is 2. The molecule has 2 amide bonds. The summed E-state index contributed by atoms with van der Waals surface area (Å²) >= 11 is 0. The van der Waals surface area contributed by atoms with Gasteiger partial charge in [0.1, 0.15) is 23.0 Å². The van der Waals surface area contributed by atoms with Gasteiger partial charge in [0.15, 0.2) is 0 Å². The van der Waals surface area contributed by atoms with Crippen LogP contribution in [0.4, 0.5) is 5.69 Å². The quantitative estimate of drug-likeness (QED) is 0.284. The third kappa shape index (κ3) is 5.13. The molecule has 0 unspecified atom stereocenters. The van der Waals surface area contributed by atoms with E-state index in [0.29, 0.717) is 42.5 Å². The number of likely N-dealkylation sites (N-methyl/N-ethyl adjacent to an activating group) is 1. The fourth-order valence-electron chi connectivity index (χ4n) is 6.13. The van der Waals surface area contributed by atoms with Gasteiger partial charge in [-0.15, -0.1) is 0 Å². The van der Waals surface area contributed by atoms with E-state index in [1.165, 1.54) is 0 Å². The van der Waals surface area contributed by atoms with Gasteiger partial charge in [0.05, 0.1) is 48.9 Å². The first-order valence-electron chi connectivity index (χ1n) is 14.6. The molecule has 1 fully saturated rings. The number of nitrogens with zero attached hydrogens (tertiary/aromatic N) is 6. The van der Waals surface area contributed by atoms with Crippen LogP contribution < -0.4 is 14.8 Å². The second-order valence-corrected chi connectivity index (χ2v) is 11.5. The molecule has 0 spiro atoms. The molecule has 1 saturated heterocycles. The molecule has 4 heterocycles. The number of methoxy groups -OCH3 is 2. The molecule has 6 rings (SSSR count). The van der Waals surface area contributed by atoms with Crippen LogP contribution in [0.25, 0.3) is 27.7 Å². The molecule has 0 saturated carbocycles. The van der Waals surface area contributed by atoms with E-state index in [1.54, 1.807) is 20.4 Å². The molecule has 1 aliphatic rings. The van der Waals surface area contributed by atoms with Gasteiger partial charge in [0.25, 0.3) is 5.91 Å².